The van der Waals surface area contributed by atoms with Crippen LogP contribution in [0.3, 0.4) is 0 Å². The molecule has 0 unspecified atom stereocenters. The lowest BCUT2D eigenvalue weighted by atomic mass is 9.99. The molecule has 1 aliphatic rings. The predicted molar refractivity (Wildman–Crippen MR) is 129 cm³/mol. The van der Waals surface area contributed by atoms with Gasteiger partial charge in [0.15, 0.2) is 0 Å². The van der Waals surface area contributed by atoms with E-state index in [2.05, 4.69) is 46.0 Å². The first-order valence-corrected chi connectivity index (χ1v) is 11.5. The highest BCUT2D eigenvalue weighted by atomic mass is 16.5. The van der Waals surface area contributed by atoms with Crippen molar-refractivity contribution in [3.63, 3.8) is 0 Å². The molecular formula is C26H31N5O3. The Morgan fingerprint density at radius 1 is 1.18 bits per heavy atom. The maximum Gasteiger partial charge on any atom is 0.259 e. The molecule has 0 aliphatic carbocycles. The van der Waals surface area contributed by atoms with Crippen LogP contribution >= 0.6 is 0 Å². The first kappa shape index (κ1) is 23.8. The molecule has 1 aliphatic heterocycles. The Kier molecular flexibility index (Phi) is 7.49. The van der Waals surface area contributed by atoms with Crippen molar-refractivity contribution in [2.24, 2.45) is 5.92 Å². The monoisotopic (exact) mass is 461 g/mol. The number of fused-ring (bicyclic) bond motifs is 1. The van der Waals surface area contributed by atoms with Crippen molar-refractivity contribution < 1.29 is 14.6 Å². The fraction of sp³-hybridized carbons (Fsp3) is 0.385. The van der Waals surface area contributed by atoms with Gasteiger partial charge in [0.05, 0.1) is 12.6 Å². The second-order valence-electron chi connectivity index (χ2n) is 9.01. The molecule has 0 radical (unpaired) electrons. The maximum absolute atomic E-state index is 13.5. The van der Waals surface area contributed by atoms with Gasteiger partial charge in [-0.1, -0.05) is 37.3 Å². The number of nitrogens with zero attached hydrogens (tertiary/aromatic N) is 5. The van der Waals surface area contributed by atoms with Crippen LogP contribution in [-0.2, 0) is 6.54 Å². The van der Waals surface area contributed by atoms with Gasteiger partial charge < -0.3 is 14.7 Å². The molecule has 3 atom stereocenters. The van der Waals surface area contributed by atoms with E-state index in [9.17, 15) is 9.90 Å². The van der Waals surface area contributed by atoms with Crippen molar-refractivity contribution in [1.82, 2.24) is 24.8 Å². The van der Waals surface area contributed by atoms with Crippen molar-refractivity contribution in [3.8, 4) is 17.0 Å². The highest BCUT2D eigenvalue weighted by molar-refractivity contribution is 5.98. The first-order chi connectivity index (χ1) is 16.5. The van der Waals surface area contributed by atoms with Crippen molar-refractivity contribution >= 4 is 5.91 Å². The van der Waals surface area contributed by atoms with E-state index in [0.29, 0.717) is 24.5 Å². The number of aliphatic hydroxyl groups is 1. The van der Waals surface area contributed by atoms with Crippen LogP contribution < -0.4 is 4.74 Å². The third-order valence-electron chi connectivity index (χ3n) is 6.20. The van der Waals surface area contributed by atoms with Crippen molar-refractivity contribution in [3.05, 3.63) is 72.4 Å². The quantitative estimate of drug-likeness (QED) is 0.578. The normalized spacial score (nSPS) is 19.2. The molecule has 8 nitrogen and oxygen atoms in total. The number of carbonyl (C=O) groups is 1. The van der Waals surface area contributed by atoms with E-state index in [1.807, 2.05) is 25.1 Å². The van der Waals surface area contributed by atoms with Gasteiger partial charge in [-0.05, 0) is 25.6 Å². The molecule has 0 saturated heterocycles. The molecule has 0 bridgehead atoms. The summed E-state index contributed by atoms with van der Waals surface area (Å²) in [4.78, 5) is 30.2. The number of benzene rings is 1. The second-order valence-corrected chi connectivity index (χ2v) is 9.01. The van der Waals surface area contributed by atoms with E-state index in [1.165, 1.54) is 11.9 Å². The molecule has 4 rings (SSSR count). The highest BCUT2D eigenvalue weighted by Crippen LogP contribution is 2.30. The average Bonchev–Trinajstić information content (AvgIpc) is 2.86. The number of aromatic nitrogens is 3. The number of hydrogen-bond acceptors (Lipinski definition) is 7. The molecule has 2 aromatic heterocycles. The summed E-state index contributed by atoms with van der Waals surface area (Å²) in [7, 11) is 2.06. The maximum atomic E-state index is 13.5. The zero-order valence-electron chi connectivity index (χ0n) is 19.8. The van der Waals surface area contributed by atoms with Gasteiger partial charge in [-0.15, -0.1) is 0 Å². The summed E-state index contributed by atoms with van der Waals surface area (Å²) in [6.45, 7) is 5.74. The van der Waals surface area contributed by atoms with Crippen LogP contribution in [0.1, 0.15) is 29.8 Å². The van der Waals surface area contributed by atoms with E-state index >= 15 is 0 Å². The van der Waals surface area contributed by atoms with Crippen molar-refractivity contribution in [2.45, 2.75) is 32.5 Å². The Balaban J connectivity index is 1.65. The van der Waals surface area contributed by atoms with Crippen LogP contribution in [0.4, 0.5) is 0 Å². The number of amides is 1. The van der Waals surface area contributed by atoms with Crippen LogP contribution in [-0.4, -0.2) is 74.7 Å². The van der Waals surface area contributed by atoms with Gasteiger partial charge in [0.1, 0.15) is 18.0 Å². The molecule has 0 saturated carbocycles. The summed E-state index contributed by atoms with van der Waals surface area (Å²) in [5, 5.41) is 9.84. The molecule has 8 heteroatoms. The zero-order valence-corrected chi connectivity index (χ0v) is 19.8. The number of aliphatic hydroxyl groups excluding tert-OH is 1. The standard InChI is InChI=1S/C26H31N5O3/c1-18-13-31(19(2)16-32)26(33)23-9-21(22-10-27-17-28-11-22)12-29-25(23)34-24(18)15-30(3)14-20-7-5-4-6-8-20/h4-12,17-19,24,32H,13-16H2,1-3H3/t18-,19+,24-/m0/s1. The topological polar surface area (TPSA) is 91.7 Å². The number of likely N-dealkylation sites (N-methyl/N-ethyl adjacent to an activating group) is 1. The molecule has 1 amide bonds. The van der Waals surface area contributed by atoms with E-state index in [1.54, 1.807) is 29.6 Å². The predicted octanol–water partition coefficient (Wildman–Crippen LogP) is 2.89. The number of rotatable bonds is 7. The van der Waals surface area contributed by atoms with Crippen LogP contribution in [0.2, 0.25) is 0 Å². The average molecular weight is 462 g/mol. The minimum atomic E-state index is -0.327. The van der Waals surface area contributed by atoms with Gasteiger partial charge in [-0.3, -0.25) is 9.69 Å². The van der Waals surface area contributed by atoms with E-state index in [-0.39, 0.29) is 30.6 Å². The van der Waals surface area contributed by atoms with E-state index in [4.69, 9.17) is 4.74 Å². The Labute approximate surface area is 200 Å². The molecule has 1 aromatic carbocycles. The van der Waals surface area contributed by atoms with Crippen molar-refractivity contribution in [1.29, 1.82) is 0 Å². The molecule has 0 spiro atoms. The van der Waals surface area contributed by atoms with Gasteiger partial charge in [0.2, 0.25) is 5.88 Å². The number of pyridine rings is 1. The molecule has 3 aromatic rings. The summed E-state index contributed by atoms with van der Waals surface area (Å²) in [5.41, 5.74) is 3.10. The molecule has 1 N–H and O–H groups in total. The van der Waals surface area contributed by atoms with Crippen LogP contribution in [0.25, 0.3) is 11.1 Å². The zero-order chi connectivity index (χ0) is 24.1. The SMILES string of the molecule is C[C@H](CO)N1C[C@H](C)[C@H](CN(C)Cc2ccccc2)Oc2ncc(-c3cncnc3)cc2C1=O. The third kappa shape index (κ3) is 5.40. The second kappa shape index (κ2) is 10.7. The Morgan fingerprint density at radius 2 is 1.91 bits per heavy atom. The van der Waals surface area contributed by atoms with E-state index < -0.39 is 0 Å². The van der Waals surface area contributed by atoms with Crippen LogP contribution in [0.5, 0.6) is 5.88 Å². The summed E-state index contributed by atoms with van der Waals surface area (Å²) >= 11 is 0. The molecule has 0 fully saturated rings. The minimum absolute atomic E-state index is 0.0355. The molecular weight excluding hydrogens is 430 g/mol. The van der Waals surface area contributed by atoms with Gasteiger partial charge in [-0.25, -0.2) is 15.0 Å². The van der Waals surface area contributed by atoms with Gasteiger partial charge >= 0.3 is 0 Å². The van der Waals surface area contributed by atoms with Gasteiger partial charge in [-0.2, -0.15) is 0 Å². The number of ether oxygens (including phenoxy) is 1. The lowest BCUT2D eigenvalue weighted by Gasteiger charge is -2.37. The summed E-state index contributed by atoms with van der Waals surface area (Å²) in [6, 6.07) is 11.7. The van der Waals surface area contributed by atoms with Crippen LogP contribution in [0, 0.1) is 5.92 Å². The summed E-state index contributed by atoms with van der Waals surface area (Å²) < 4.78 is 6.39. The minimum Gasteiger partial charge on any atom is -0.472 e. The number of carbonyl (C=O) groups excluding carboxylic acids is 1. The van der Waals surface area contributed by atoms with Crippen molar-refractivity contribution in [2.75, 3.05) is 26.7 Å². The lowest BCUT2D eigenvalue weighted by molar-refractivity contribution is 0.0325. The van der Waals surface area contributed by atoms with Gasteiger partial charge in [0.25, 0.3) is 5.91 Å². The first-order valence-electron chi connectivity index (χ1n) is 11.5. The fourth-order valence-electron chi connectivity index (χ4n) is 4.19. The lowest BCUT2D eigenvalue weighted by Crippen LogP contribution is -2.49. The Morgan fingerprint density at radius 3 is 2.62 bits per heavy atom. The largest absolute Gasteiger partial charge is 0.472 e. The molecule has 34 heavy (non-hydrogen) atoms. The number of hydrogen-bond donors (Lipinski definition) is 1. The van der Waals surface area contributed by atoms with Gasteiger partial charge in [0, 0.05) is 55.3 Å². The summed E-state index contributed by atoms with van der Waals surface area (Å²) in [5.74, 6) is 0.143. The van der Waals surface area contributed by atoms with Crippen LogP contribution in [0.15, 0.2) is 61.3 Å². The Bertz CT molecular complexity index is 1100. The highest BCUT2D eigenvalue weighted by Gasteiger charge is 2.34. The summed E-state index contributed by atoms with van der Waals surface area (Å²) in [6.07, 6.45) is 6.32. The Hall–Kier alpha value is -3.36. The molecule has 3 heterocycles. The smallest absolute Gasteiger partial charge is 0.259 e. The third-order valence-corrected chi connectivity index (χ3v) is 6.20. The fourth-order valence-corrected chi connectivity index (χ4v) is 4.19. The van der Waals surface area contributed by atoms with E-state index in [0.717, 1.165) is 17.7 Å². The molecule has 178 valence electrons.